The van der Waals surface area contributed by atoms with Crippen LogP contribution in [0.15, 0.2) is 12.7 Å². The number of hydrogen-bond donors (Lipinski definition) is 1. The van der Waals surface area contributed by atoms with Gasteiger partial charge in [-0.25, -0.2) is 4.57 Å². The molecule has 0 atom stereocenters. The van der Waals surface area contributed by atoms with Gasteiger partial charge in [-0.05, 0) is 19.9 Å². The van der Waals surface area contributed by atoms with Crippen LogP contribution in [-0.2, 0) is 18.4 Å². The van der Waals surface area contributed by atoms with Gasteiger partial charge in [0.05, 0.1) is 13.2 Å². The Bertz CT molecular complexity index is 219. The van der Waals surface area contributed by atoms with Gasteiger partial charge in [0.1, 0.15) is 0 Å². The smallest absolute Gasteiger partial charge is 0.293 e. The van der Waals surface area contributed by atoms with Crippen LogP contribution >= 0.6 is 7.75 Å². The fraction of sp³-hybridized carbons (Fsp3) is 0.571. The molecule has 0 radical (unpaired) electrons. The number of amides is 1. The zero-order valence-corrected chi connectivity index (χ0v) is 8.67. The Morgan fingerprint density at radius 3 is 2.23 bits per heavy atom. The highest BCUT2D eigenvalue weighted by molar-refractivity contribution is 7.52. The molecule has 0 spiro atoms. The average Bonchev–Trinajstić information content (AvgIpc) is 2.04. The second kappa shape index (κ2) is 5.91. The lowest BCUT2D eigenvalue weighted by Gasteiger charge is -2.16. The molecule has 5 nitrogen and oxygen atoms in total. The third-order valence-corrected chi connectivity index (χ3v) is 2.72. The Hall–Kier alpha value is -0.640. The Morgan fingerprint density at radius 1 is 1.46 bits per heavy atom. The molecule has 13 heavy (non-hydrogen) atoms. The monoisotopic (exact) mass is 207 g/mol. The summed E-state index contributed by atoms with van der Waals surface area (Å²) in [4.78, 5) is 10.8. The average molecular weight is 207 g/mol. The minimum atomic E-state index is -3.46. The molecule has 6 heteroatoms. The molecule has 0 heterocycles. The normalized spacial score (nSPS) is 10.9. The molecule has 0 aliphatic carbocycles. The molecule has 0 aliphatic rings. The summed E-state index contributed by atoms with van der Waals surface area (Å²) in [7, 11) is -3.46. The summed E-state index contributed by atoms with van der Waals surface area (Å²) in [6.45, 7) is 6.94. The van der Waals surface area contributed by atoms with E-state index in [9.17, 15) is 9.36 Å². The largest absolute Gasteiger partial charge is 0.435 e. The molecule has 1 amide bonds. The second-order valence-electron chi connectivity index (χ2n) is 2.01. The van der Waals surface area contributed by atoms with Gasteiger partial charge in [0, 0.05) is 0 Å². The summed E-state index contributed by atoms with van der Waals surface area (Å²) in [6, 6.07) is 0. The van der Waals surface area contributed by atoms with E-state index in [0.717, 1.165) is 6.08 Å². The zero-order valence-electron chi connectivity index (χ0n) is 7.78. The fourth-order valence-corrected chi connectivity index (χ4v) is 1.87. The highest BCUT2D eigenvalue weighted by Gasteiger charge is 2.24. The van der Waals surface area contributed by atoms with Gasteiger partial charge >= 0.3 is 7.75 Å². The number of nitrogens with one attached hydrogen (secondary N) is 1. The molecule has 0 aromatic carbocycles. The summed E-state index contributed by atoms with van der Waals surface area (Å²) in [6.07, 6.45) is 1.00. The van der Waals surface area contributed by atoms with Crippen molar-refractivity contribution in [3.05, 3.63) is 12.7 Å². The highest BCUT2D eigenvalue weighted by Crippen LogP contribution is 2.43. The van der Waals surface area contributed by atoms with E-state index < -0.39 is 13.7 Å². The summed E-state index contributed by atoms with van der Waals surface area (Å²) in [5.41, 5.74) is 0. The molecule has 0 aromatic rings. The molecule has 0 bridgehead atoms. The van der Waals surface area contributed by atoms with E-state index >= 15 is 0 Å². The SMILES string of the molecule is C=CC(=O)NP(=O)(OCC)OCC. The minimum absolute atomic E-state index is 0.203. The first-order chi connectivity index (χ1) is 6.08. The third kappa shape index (κ3) is 4.83. The molecule has 0 fully saturated rings. The number of carbonyl (C=O) groups is 1. The number of carbonyl (C=O) groups excluding carboxylic acids is 1. The molecular formula is C7H14NO4P. The minimum Gasteiger partial charge on any atom is -0.293 e. The van der Waals surface area contributed by atoms with Crippen molar-refractivity contribution < 1.29 is 18.4 Å². The van der Waals surface area contributed by atoms with Crippen LogP contribution in [0.4, 0.5) is 0 Å². The van der Waals surface area contributed by atoms with Crippen LogP contribution < -0.4 is 5.09 Å². The topological polar surface area (TPSA) is 64.6 Å². The second-order valence-corrected chi connectivity index (χ2v) is 3.75. The van der Waals surface area contributed by atoms with Crippen molar-refractivity contribution >= 4 is 13.7 Å². The van der Waals surface area contributed by atoms with Crippen LogP contribution in [0.2, 0.25) is 0 Å². The van der Waals surface area contributed by atoms with Gasteiger partial charge in [-0.2, -0.15) is 0 Å². The van der Waals surface area contributed by atoms with E-state index in [1.807, 2.05) is 0 Å². The van der Waals surface area contributed by atoms with Gasteiger partial charge in [-0.1, -0.05) is 6.58 Å². The molecule has 0 aliphatic heterocycles. The maximum Gasteiger partial charge on any atom is 0.435 e. The lowest BCUT2D eigenvalue weighted by atomic mass is 10.6. The quantitative estimate of drug-likeness (QED) is 0.529. The van der Waals surface area contributed by atoms with Crippen molar-refractivity contribution in [3.63, 3.8) is 0 Å². The summed E-state index contributed by atoms with van der Waals surface area (Å²) < 4.78 is 21.2. The van der Waals surface area contributed by atoms with E-state index in [4.69, 9.17) is 9.05 Å². The molecule has 76 valence electrons. The maximum absolute atomic E-state index is 11.6. The number of rotatable bonds is 6. The van der Waals surface area contributed by atoms with Gasteiger partial charge < -0.3 is 0 Å². The maximum atomic E-state index is 11.6. The lowest BCUT2D eigenvalue weighted by Crippen LogP contribution is -2.20. The van der Waals surface area contributed by atoms with Crippen LogP contribution in [0.1, 0.15) is 13.8 Å². The highest BCUT2D eigenvalue weighted by atomic mass is 31.2. The molecular weight excluding hydrogens is 193 g/mol. The van der Waals surface area contributed by atoms with Crippen molar-refractivity contribution in [1.82, 2.24) is 5.09 Å². The third-order valence-electron chi connectivity index (χ3n) is 1.03. The van der Waals surface area contributed by atoms with E-state index in [2.05, 4.69) is 11.7 Å². The van der Waals surface area contributed by atoms with Crippen LogP contribution in [-0.4, -0.2) is 19.1 Å². The number of hydrogen-bond acceptors (Lipinski definition) is 4. The van der Waals surface area contributed by atoms with Gasteiger partial charge in [-0.15, -0.1) is 0 Å². The summed E-state index contributed by atoms with van der Waals surface area (Å²) in [5, 5.41) is 2.10. The predicted molar refractivity (Wildman–Crippen MR) is 49.2 cm³/mol. The van der Waals surface area contributed by atoms with Crippen LogP contribution in [0.25, 0.3) is 0 Å². The molecule has 0 aromatic heterocycles. The first-order valence-electron chi connectivity index (χ1n) is 3.91. The van der Waals surface area contributed by atoms with Gasteiger partial charge in [0.15, 0.2) is 0 Å². The molecule has 0 unspecified atom stereocenters. The van der Waals surface area contributed by atoms with E-state index in [1.165, 1.54) is 0 Å². The zero-order chi connectivity index (χ0) is 10.3. The van der Waals surface area contributed by atoms with Crippen LogP contribution in [0.5, 0.6) is 0 Å². The van der Waals surface area contributed by atoms with Gasteiger partial charge in [0.25, 0.3) is 5.91 Å². The van der Waals surface area contributed by atoms with Gasteiger partial charge in [0.2, 0.25) is 0 Å². The van der Waals surface area contributed by atoms with Crippen molar-refractivity contribution in [2.24, 2.45) is 0 Å². The Kier molecular flexibility index (Phi) is 5.62. The van der Waals surface area contributed by atoms with Crippen molar-refractivity contribution in [2.45, 2.75) is 13.8 Å². The molecule has 0 saturated carbocycles. The van der Waals surface area contributed by atoms with E-state index in [0.29, 0.717) is 0 Å². The van der Waals surface area contributed by atoms with Crippen LogP contribution in [0.3, 0.4) is 0 Å². The predicted octanol–water partition coefficient (Wildman–Crippen LogP) is 1.47. The van der Waals surface area contributed by atoms with E-state index in [-0.39, 0.29) is 13.2 Å². The first-order valence-corrected chi connectivity index (χ1v) is 5.46. The molecule has 0 rings (SSSR count). The van der Waals surface area contributed by atoms with Crippen molar-refractivity contribution in [2.75, 3.05) is 13.2 Å². The standard InChI is InChI=1S/C7H14NO4P/c1-4-7(9)8-13(10,11-5-2)12-6-3/h4H,1,5-6H2,2-3H3,(H,8,9,10). The summed E-state index contributed by atoms with van der Waals surface area (Å²) >= 11 is 0. The Labute approximate surface area is 77.7 Å². The fourth-order valence-electron chi connectivity index (χ4n) is 0.622. The van der Waals surface area contributed by atoms with E-state index in [1.54, 1.807) is 13.8 Å². The first kappa shape index (κ1) is 12.4. The summed E-state index contributed by atoms with van der Waals surface area (Å²) in [5.74, 6) is -0.578. The van der Waals surface area contributed by atoms with Crippen LogP contribution in [0, 0.1) is 0 Å². The van der Waals surface area contributed by atoms with Gasteiger partial charge in [-0.3, -0.25) is 18.9 Å². The van der Waals surface area contributed by atoms with Crippen molar-refractivity contribution in [3.8, 4) is 0 Å². The molecule has 1 N–H and O–H groups in total. The molecule has 0 saturated heterocycles. The Morgan fingerprint density at radius 2 is 1.92 bits per heavy atom. The Balaban J connectivity index is 4.31. The lowest BCUT2D eigenvalue weighted by molar-refractivity contribution is -0.115. The van der Waals surface area contributed by atoms with Crippen molar-refractivity contribution in [1.29, 1.82) is 0 Å².